The lowest BCUT2D eigenvalue weighted by molar-refractivity contribution is -0.688. The maximum absolute atomic E-state index is 11.6. The van der Waals surface area contributed by atoms with Crippen LogP contribution in [0.2, 0.25) is 0 Å². The average molecular weight is 313 g/mol. The number of rotatable bonds is 6. The van der Waals surface area contributed by atoms with Gasteiger partial charge in [-0.25, -0.2) is 14.3 Å². The third-order valence-corrected chi connectivity index (χ3v) is 3.41. The summed E-state index contributed by atoms with van der Waals surface area (Å²) in [5.41, 5.74) is 2.58. The van der Waals surface area contributed by atoms with Gasteiger partial charge >= 0.3 is 11.8 Å². The highest BCUT2D eigenvalue weighted by Gasteiger charge is 2.15. The van der Waals surface area contributed by atoms with Crippen LogP contribution < -0.4 is 4.57 Å². The summed E-state index contributed by atoms with van der Waals surface area (Å²) in [6.45, 7) is 6.04. The van der Waals surface area contributed by atoms with E-state index in [-0.39, 0.29) is 11.8 Å². The number of Topliss-reactive ketones (excluding diaryl/α,β-unsaturated/α-hetero) is 1. The molecule has 0 amide bonds. The Morgan fingerprint density at radius 3 is 2.52 bits per heavy atom. The van der Waals surface area contributed by atoms with E-state index in [1.54, 1.807) is 26.1 Å². The fourth-order valence-electron chi connectivity index (χ4n) is 2.27. The van der Waals surface area contributed by atoms with E-state index in [4.69, 9.17) is 4.74 Å². The van der Waals surface area contributed by atoms with Crippen LogP contribution in [0.3, 0.4) is 0 Å². The predicted molar refractivity (Wildman–Crippen MR) is 86.8 cm³/mol. The molecule has 0 saturated carbocycles. The Kier molecular flexibility index (Phi) is 5.46. The summed E-state index contributed by atoms with van der Waals surface area (Å²) in [6.07, 6.45) is 5.39. The average Bonchev–Trinajstić information content (AvgIpc) is 2.98. The van der Waals surface area contributed by atoms with Gasteiger partial charge in [-0.2, -0.15) is 0 Å². The van der Waals surface area contributed by atoms with Crippen molar-refractivity contribution in [1.29, 1.82) is 0 Å². The van der Waals surface area contributed by atoms with Crippen molar-refractivity contribution < 1.29 is 18.9 Å². The van der Waals surface area contributed by atoms with E-state index in [0.29, 0.717) is 24.5 Å². The normalized spacial score (nSPS) is 11.3. The van der Waals surface area contributed by atoms with Gasteiger partial charge in [0, 0.05) is 12.5 Å². The molecule has 2 rings (SSSR count). The minimum atomic E-state index is -0.300. The number of benzene rings is 1. The number of aromatic nitrogens is 2. The zero-order valence-corrected chi connectivity index (χ0v) is 13.6. The first kappa shape index (κ1) is 16.7. The maximum Gasteiger partial charge on any atom is 0.333 e. The molecule has 0 unspecified atom stereocenters. The summed E-state index contributed by atoms with van der Waals surface area (Å²) in [5.74, 6) is 0.275. The van der Waals surface area contributed by atoms with Crippen LogP contribution in [0, 0.1) is 0 Å². The zero-order valence-electron chi connectivity index (χ0n) is 13.6. The molecule has 120 valence electrons. The first-order valence-electron chi connectivity index (χ1n) is 7.53. The molecule has 1 aromatic carbocycles. The standard InChI is InChI=1S/C18H20N2O3/c1-4-23-18(22)13(2)11-15-5-7-16(8-6-15)12-20-10-9-19-17(20)14(3)21/h5-11H,4,12H2,1-3H3/p+1. The van der Waals surface area contributed by atoms with Crippen molar-refractivity contribution in [1.82, 2.24) is 4.98 Å². The molecular formula is C18H21N2O3+. The van der Waals surface area contributed by atoms with E-state index in [1.165, 1.54) is 6.92 Å². The molecule has 0 aliphatic carbocycles. The van der Waals surface area contributed by atoms with Crippen LogP contribution in [0.1, 0.15) is 42.5 Å². The highest BCUT2D eigenvalue weighted by atomic mass is 16.5. The van der Waals surface area contributed by atoms with Gasteiger partial charge in [0.25, 0.3) is 0 Å². The van der Waals surface area contributed by atoms with E-state index in [9.17, 15) is 9.59 Å². The third kappa shape index (κ3) is 4.39. The number of nitrogens with one attached hydrogen (secondary N) is 1. The number of H-pyrrole nitrogens is 1. The predicted octanol–water partition coefficient (Wildman–Crippen LogP) is 2.52. The monoisotopic (exact) mass is 313 g/mol. The minimum absolute atomic E-state index is 0.000357. The number of carbonyl (C=O) groups is 2. The summed E-state index contributed by atoms with van der Waals surface area (Å²) in [6, 6.07) is 7.85. The zero-order chi connectivity index (χ0) is 16.8. The molecule has 1 N–H and O–H groups in total. The van der Waals surface area contributed by atoms with Gasteiger partial charge in [-0.15, -0.1) is 0 Å². The molecule has 0 saturated heterocycles. The molecule has 5 nitrogen and oxygen atoms in total. The lowest BCUT2D eigenvalue weighted by Gasteiger charge is -2.03. The molecule has 0 fully saturated rings. The lowest BCUT2D eigenvalue weighted by atomic mass is 10.1. The third-order valence-electron chi connectivity index (χ3n) is 3.41. The van der Waals surface area contributed by atoms with Crippen molar-refractivity contribution >= 4 is 17.8 Å². The van der Waals surface area contributed by atoms with Crippen LogP contribution in [0.4, 0.5) is 0 Å². The van der Waals surface area contributed by atoms with Crippen LogP contribution in [0.15, 0.2) is 42.2 Å². The van der Waals surface area contributed by atoms with Gasteiger partial charge in [0.15, 0.2) is 0 Å². The SMILES string of the molecule is CCOC(=O)C(C)=Cc1ccc(C[n+]2cc[nH]c2C(C)=O)cc1. The molecule has 0 aliphatic heterocycles. The number of ether oxygens (including phenoxy) is 1. The number of hydrogen-bond donors (Lipinski definition) is 1. The fraction of sp³-hybridized carbons (Fsp3) is 0.278. The Balaban J connectivity index is 2.10. The summed E-state index contributed by atoms with van der Waals surface area (Å²) >= 11 is 0. The first-order valence-corrected chi connectivity index (χ1v) is 7.53. The lowest BCUT2D eigenvalue weighted by Crippen LogP contribution is -2.38. The van der Waals surface area contributed by atoms with Crippen LogP contribution in [0.5, 0.6) is 0 Å². The Morgan fingerprint density at radius 1 is 1.22 bits per heavy atom. The second-order valence-electron chi connectivity index (χ2n) is 5.28. The van der Waals surface area contributed by atoms with Crippen molar-refractivity contribution in [3.8, 4) is 0 Å². The second-order valence-corrected chi connectivity index (χ2v) is 5.28. The highest BCUT2D eigenvalue weighted by molar-refractivity contribution is 5.93. The molecule has 0 radical (unpaired) electrons. The van der Waals surface area contributed by atoms with Crippen LogP contribution in [0.25, 0.3) is 6.08 Å². The van der Waals surface area contributed by atoms with Crippen LogP contribution >= 0.6 is 0 Å². The molecule has 23 heavy (non-hydrogen) atoms. The van der Waals surface area contributed by atoms with E-state index in [1.807, 2.05) is 35.0 Å². The Bertz CT molecular complexity index is 727. The number of aromatic amines is 1. The van der Waals surface area contributed by atoms with Crippen molar-refractivity contribution in [2.75, 3.05) is 6.61 Å². The van der Waals surface area contributed by atoms with E-state index < -0.39 is 0 Å². The molecule has 1 heterocycles. The fourth-order valence-corrected chi connectivity index (χ4v) is 2.27. The highest BCUT2D eigenvalue weighted by Crippen LogP contribution is 2.10. The molecule has 5 heteroatoms. The van der Waals surface area contributed by atoms with Crippen molar-refractivity contribution in [3.05, 3.63) is 59.2 Å². The summed E-state index contributed by atoms with van der Waals surface area (Å²) < 4.78 is 6.83. The van der Waals surface area contributed by atoms with Gasteiger partial charge in [-0.05, 0) is 31.1 Å². The molecule has 0 bridgehead atoms. The van der Waals surface area contributed by atoms with Crippen molar-refractivity contribution in [3.63, 3.8) is 0 Å². The van der Waals surface area contributed by atoms with Crippen LogP contribution in [-0.4, -0.2) is 23.3 Å². The van der Waals surface area contributed by atoms with Gasteiger partial charge in [0.05, 0.1) is 6.61 Å². The number of hydrogen-bond acceptors (Lipinski definition) is 3. The second kappa shape index (κ2) is 7.54. The van der Waals surface area contributed by atoms with Crippen molar-refractivity contribution in [2.45, 2.75) is 27.3 Å². The van der Waals surface area contributed by atoms with Gasteiger partial charge < -0.3 is 4.74 Å². The first-order chi connectivity index (χ1) is 11.0. The van der Waals surface area contributed by atoms with Gasteiger partial charge in [0.1, 0.15) is 18.9 Å². The Morgan fingerprint density at radius 2 is 1.91 bits per heavy atom. The Hall–Kier alpha value is -2.69. The van der Waals surface area contributed by atoms with E-state index >= 15 is 0 Å². The van der Waals surface area contributed by atoms with Gasteiger partial charge in [0.2, 0.25) is 5.78 Å². The molecule has 0 atom stereocenters. The molecule has 0 aliphatic rings. The molecule has 0 spiro atoms. The van der Waals surface area contributed by atoms with E-state index in [2.05, 4.69) is 4.98 Å². The molecule has 1 aromatic heterocycles. The quantitative estimate of drug-likeness (QED) is 0.386. The smallest absolute Gasteiger partial charge is 0.333 e. The minimum Gasteiger partial charge on any atom is -0.463 e. The summed E-state index contributed by atoms with van der Waals surface area (Å²) in [4.78, 5) is 26.0. The van der Waals surface area contributed by atoms with Gasteiger partial charge in [-0.1, -0.05) is 24.3 Å². The number of esters is 1. The Labute approximate surface area is 135 Å². The van der Waals surface area contributed by atoms with Crippen LogP contribution in [-0.2, 0) is 16.1 Å². The largest absolute Gasteiger partial charge is 0.463 e. The van der Waals surface area contributed by atoms with Gasteiger partial charge in [-0.3, -0.25) is 4.79 Å². The van der Waals surface area contributed by atoms with Crippen molar-refractivity contribution in [2.24, 2.45) is 0 Å². The number of carbonyl (C=O) groups excluding carboxylic acids is 2. The topological polar surface area (TPSA) is 63.0 Å². The maximum atomic E-state index is 11.6. The van der Waals surface area contributed by atoms with E-state index in [0.717, 1.165) is 11.1 Å². The molecule has 2 aromatic rings. The molecular weight excluding hydrogens is 292 g/mol. The number of ketones is 1. The number of nitrogens with zero attached hydrogens (tertiary/aromatic N) is 1. The summed E-state index contributed by atoms with van der Waals surface area (Å²) in [7, 11) is 0. The summed E-state index contributed by atoms with van der Waals surface area (Å²) in [5, 5.41) is 0. The number of imidazole rings is 1.